The molecule has 1 atom stereocenters. The first-order valence-corrected chi connectivity index (χ1v) is 12.1. The zero-order valence-corrected chi connectivity index (χ0v) is 17.5. The molecule has 0 saturated carbocycles. The smallest absolute Gasteiger partial charge is 0.243 e. The minimum Gasteiger partial charge on any atom is -0.325 e. The molecule has 0 radical (unpaired) electrons. The first kappa shape index (κ1) is 21.4. The van der Waals surface area contributed by atoms with Crippen LogP contribution in [0.15, 0.2) is 64.4 Å². The van der Waals surface area contributed by atoms with Gasteiger partial charge in [0.15, 0.2) is 0 Å². The number of amides is 1. The Hall–Kier alpha value is -2.27. The van der Waals surface area contributed by atoms with Gasteiger partial charge in [-0.15, -0.1) is 0 Å². The summed E-state index contributed by atoms with van der Waals surface area (Å²) in [6.45, 7) is 2.46. The summed E-state index contributed by atoms with van der Waals surface area (Å²) in [6.07, 6.45) is 1.70. The van der Waals surface area contributed by atoms with Crippen molar-refractivity contribution in [1.29, 1.82) is 0 Å². The van der Waals surface area contributed by atoms with E-state index >= 15 is 0 Å². The summed E-state index contributed by atoms with van der Waals surface area (Å²) in [4.78, 5) is 12.6. The van der Waals surface area contributed by atoms with Crippen molar-refractivity contribution < 1.29 is 21.6 Å². The molecule has 0 unspecified atom stereocenters. The van der Waals surface area contributed by atoms with Crippen molar-refractivity contribution >= 4 is 31.6 Å². The molecule has 29 heavy (non-hydrogen) atoms. The molecular weight excluding hydrogens is 414 g/mol. The third-order valence-corrected chi connectivity index (χ3v) is 8.07. The molecule has 1 fully saturated rings. The normalized spacial score (nSPS) is 16.4. The summed E-state index contributed by atoms with van der Waals surface area (Å²) in [6, 6.07) is 12.6. The van der Waals surface area contributed by atoms with Crippen LogP contribution in [0.5, 0.6) is 0 Å². The highest BCUT2D eigenvalue weighted by Crippen LogP contribution is 2.22. The molecule has 2 N–H and O–H groups in total. The van der Waals surface area contributed by atoms with E-state index in [0.29, 0.717) is 18.8 Å². The van der Waals surface area contributed by atoms with Crippen LogP contribution in [0.25, 0.3) is 0 Å². The van der Waals surface area contributed by atoms with E-state index in [2.05, 4.69) is 10.0 Å². The van der Waals surface area contributed by atoms with Gasteiger partial charge in [-0.25, -0.2) is 16.8 Å². The van der Waals surface area contributed by atoms with Crippen molar-refractivity contribution in [2.24, 2.45) is 0 Å². The predicted octanol–water partition coefficient (Wildman–Crippen LogP) is 1.78. The number of sulfonamides is 2. The van der Waals surface area contributed by atoms with Crippen molar-refractivity contribution in [1.82, 2.24) is 9.03 Å². The summed E-state index contributed by atoms with van der Waals surface area (Å²) in [5.41, 5.74) is 0.376. The summed E-state index contributed by atoms with van der Waals surface area (Å²) in [7, 11) is -7.35. The number of carbonyl (C=O) groups excluding carboxylic acids is 1. The van der Waals surface area contributed by atoms with Gasteiger partial charge in [-0.2, -0.15) is 9.03 Å². The number of anilines is 1. The maximum Gasteiger partial charge on any atom is 0.243 e. The van der Waals surface area contributed by atoms with Gasteiger partial charge in [-0.05, 0) is 56.2 Å². The molecule has 156 valence electrons. The number of hydrogen-bond acceptors (Lipinski definition) is 5. The highest BCUT2D eigenvalue weighted by Gasteiger charge is 2.27. The van der Waals surface area contributed by atoms with Crippen LogP contribution in [0, 0.1) is 0 Å². The summed E-state index contributed by atoms with van der Waals surface area (Å²) in [5.74, 6) is -0.556. The standard InChI is InChI=1S/C19H23N3O5S2/c1-15(21-28(24,25)17-7-3-2-4-8-17)19(23)20-16-9-11-18(12-10-16)29(26,27)22-13-5-6-14-22/h2-4,7-12,15,21H,5-6,13-14H2,1H3,(H,20,23)/t15-/m0/s1. The van der Waals surface area contributed by atoms with Gasteiger partial charge in [0.2, 0.25) is 26.0 Å². The number of nitrogens with one attached hydrogen (secondary N) is 2. The fourth-order valence-electron chi connectivity index (χ4n) is 2.99. The fraction of sp³-hybridized carbons (Fsp3) is 0.316. The average Bonchev–Trinajstić information content (AvgIpc) is 3.24. The van der Waals surface area contributed by atoms with Gasteiger partial charge < -0.3 is 5.32 Å². The lowest BCUT2D eigenvalue weighted by Crippen LogP contribution is -2.41. The lowest BCUT2D eigenvalue weighted by molar-refractivity contribution is -0.117. The maximum absolute atomic E-state index is 12.5. The van der Waals surface area contributed by atoms with Crippen LogP contribution in [0.3, 0.4) is 0 Å². The van der Waals surface area contributed by atoms with Crippen LogP contribution in [0.4, 0.5) is 5.69 Å². The Labute approximate surface area is 171 Å². The SMILES string of the molecule is C[C@H](NS(=O)(=O)c1ccccc1)C(=O)Nc1ccc(S(=O)(=O)N2CCCC2)cc1. The molecule has 1 saturated heterocycles. The van der Waals surface area contributed by atoms with Crippen molar-refractivity contribution in [3.8, 4) is 0 Å². The number of benzene rings is 2. The number of carbonyl (C=O) groups is 1. The number of nitrogens with zero attached hydrogens (tertiary/aromatic N) is 1. The quantitative estimate of drug-likeness (QED) is 0.686. The monoisotopic (exact) mass is 437 g/mol. The zero-order chi connectivity index (χ0) is 21.1. The molecule has 1 aliphatic rings. The van der Waals surface area contributed by atoms with Gasteiger partial charge in [-0.1, -0.05) is 18.2 Å². The molecule has 3 rings (SSSR count). The van der Waals surface area contributed by atoms with Gasteiger partial charge >= 0.3 is 0 Å². The second kappa shape index (κ2) is 8.62. The van der Waals surface area contributed by atoms with E-state index in [-0.39, 0.29) is 9.79 Å². The molecule has 0 aliphatic carbocycles. The molecule has 1 aliphatic heterocycles. The van der Waals surface area contributed by atoms with E-state index in [9.17, 15) is 21.6 Å². The van der Waals surface area contributed by atoms with E-state index in [0.717, 1.165) is 12.8 Å². The molecule has 0 spiro atoms. The molecule has 1 heterocycles. The second-order valence-corrected chi connectivity index (χ2v) is 10.4. The Bertz CT molecular complexity index is 1060. The van der Waals surface area contributed by atoms with E-state index in [1.54, 1.807) is 18.2 Å². The Kier molecular flexibility index (Phi) is 6.37. The zero-order valence-electron chi connectivity index (χ0n) is 15.9. The van der Waals surface area contributed by atoms with Gasteiger partial charge in [0.1, 0.15) is 0 Å². The lowest BCUT2D eigenvalue weighted by Gasteiger charge is -2.16. The van der Waals surface area contributed by atoms with E-state index in [4.69, 9.17) is 0 Å². The number of rotatable bonds is 7. The van der Waals surface area contributed by atoms with E-state index in [1.807, 2.05) is 0 Å². The Morgan fingerprint density at radius 3 is 2.07 bits per heavy atom. The van der Waals surface area contributed by atoms with Crippen molar-refractivity contribution in [2.45, 2.75) is 35.6 Å². The van der Waals surface area contributed by atoms with Crippen LogP contribution in [0.2, 0.25) is 0 Å². The Morgan fingerprint density at radius 1 is 0.897 bits per heavy atom. The van der Waals surface area contributed by atoms with Crippen molar-refractivity contribution in [3.05, 3.63) is 54.6 Å². The van der Waals surface area contributed by atoms with Crippen molar-refractivity contribution in [3.63, 3.8) is 0 Å². The molecule has 2 aromatic carbocycles. The van der Waals surface area contributed by atoms with Gasteiger partial charge in [0.25, 0.3) is 0 Å². The van der Waals surface area contributed by atoms with Crippen molar-refractivity contribution in [2.75, 3.05) is 18.4 Å². The Balaban J connectivity index is 1.64. The highest BCUT2D eigenvalue weighted by atomic mass is 32.2. The Morgan fingerprint density at radius 2 is 1.48 bits per heavy atom. The van der Waals surface area contributed by atoms with Crippen LogP contribution >= 0.6 is 0 Å². The third kappa shape index (κ3) is 5.02. The third-order valence-electron chi connectivity index (χ3n) is 4.60. The van der Waals surface area contributed by atoms with Crippen LogP contribution in [-0.4, -0.2) is 46.2 Å². The number of hydrogen-bond donors (Lipinski definition) is 2. The summed E-state index contributed by atoms with van der Waals surface area (Å²) < 4.78 is 53.5. The lowest BCUT2D eigenvalue weighted by atomic mass is 10.3. The average molecular weight is 438 g/mol. The second-order valence-electron chi connectivity index (χ2n) is 6.78. The van der Waals surface area contributed by atoms with Gasteiger partial charge in [-0.3, -0.25) is 4.79 Å². The van der Waals surface area contributed by atoms with E-state index in [1.165, 1.54) is 47.6 Å². The molecule has 8 nitrogen and oxygen atoms in total. The summed E-state index contributed by atoms with van der Waals surface area (Å²) >= 11 is 0. The molecule has 0 aromatic heterocycles. The topological polar surface area (TPSA) is 113 Å². The van der Waals surface area contributed by atoms with Crippen LogP contribution < -0.4 is 10.0 Å². The van der Waals surface area contributed by atoms with Gasteiger partial charge in [0.05, 0.1) is 15.8 Å². The first-order valence-electron chi connectivity index (χ1n) is 9.18. The van der Waals surface area contributed by atoms with Crippen LogP contribution in [-0.2, 0) is 24.8 Å². The van der Waals surface area contributed by atoms with Gasteiger partial charge in [0, 0.05) is 18.8 Å². The summed E-state index contributed by atoms with van der Waals surface area (Å²) in [5, 5.41) is 2.59. The predicted molar refractivity (Wildman–Crippen MR) is 109 cm³/mol. The minimum atomic E-state index is -3.83. The highest BCUT2D eigenvalue weighted by molar-refractivity contribution is 7.89. The van der Waals surface area contributed by atoms with Crippen LogP contribution in [0.1, 0.15) is 19.8 Å². The molecule has 2 aromatic rings. The fourth-order valence-corrected chi connectivity index (χ4v) is 5.73. The minimum absolute atomic E-state index is 0.0659. The maximum atomic E-state index is 12.5. The molecule has 0 bridgehead atoms. The largest absolute Gasteiger partial charge is 0.325 e. The molecule has 10 heteroatoms. The van der Waals surface area contributed by atoms with E-state index < -0.39 is 32.0 Å². The molecular formula is C19H23N3O5S2. The first-order chi connectivity index (χ1) is 13.7. The molecule has 1 amide bonds.